The zero-order valence-electron chi connectivity index (χ0n) is 24.9. The third kappa shape index (κ3) is 4.79. The molecule has 0 fully saturated rings. The molecular weight excluding hydrogens is 565 g/mol. The van der Waals surface area contributed by atoms with E-state index in [-0.39, 0.29) is 0 Å². The third-order valence-electron chi connectivity index (χ3n) is 8.53. The lowest BCUT2D eigenvalue weighted by Gasteiger charge is -2.12. The van der Waals surface area contributed by atoms with Gasteiger partial charge < -0.3 is 4.57 Å². The Morgan fingerprint density at radius 1 is 0.644 bits per heavy atom. The van der Waals surface area contributed by atoms with E-state index < -0.39 is 0 Å². The number of nitrogens with zero attached hydrogens (tertiary/aromatic N) is 2. The van der Waals surface area contributed by atoms with Crippen LogP contribution in [0.25, 0.3) is 75.5 Å². The summed E-state index contributed by atoms with van der Waals surface area (Å²) in [7, 11) is 0. The van der Waals surface area contributed by atoms with Gasteiger partial charge in [0, 0.05) is 49.0 Å². The zero-order chi connectivity index (χ0) is 30.3. The molecule has 0 unspecified atom stereocenters. The van der Waals surface area contributed by atoms with Gasteiger partial charge in [-0.2, -0.15) is 0 Å². The summed E-state index contributed by atoms with van der Waals surface area (Å²) in [6, 6.07) is 43.6. The number of benzene rings is 5. The minimum absolute atomic E-state index is 0.964. The van der Waals surface area contributed by atoms with Gasteiger partial charge >= 0.3 is 0 Å². The number of hydrogen-bond acceptors (Lipinski definition) is 2. The molecular formula is C42H30N2S. The van der Waals surface area contributed by atoms with Crippen molar-refractivity contribution in [3.05, 3.63) is 164 Å². The lowest BCUT2D eigenvalue weighted by molar-refractivity contribution is 1.24. The van der Waals surface area contributed by atoms with Crippen LogP contribution in [0.2, 0.25) is 0 Å². The van der Waals surface area contributed by atoms with Gasteiger partial charge in [0.15, 0.2) is 0 Å². The number of para-hydroxylation sites is 2. The molecule has 8 aromatic rings. The van der Waals surface area contributed by atoms with Crippen LogP contribution in [-0.4, -0.2) is 9.55 Å². The molecule has 5 aromatic carbocycles. The summed E-state index contributed by atoms with van der Waals surface area (Å²) >= 11 is 1.82. The van der Waals surface area contributed by atoms with E-state index in [4.69, 9.17) is 0 Å². The molecule has 3 aromatic heterocycles. The highest BCUT2D eigenvalue weighted by Gasteiger charge is 2.13. The molecule has 0 radical (unpaired) electrons. The predicted octanol–water partition coefficient (Wildman–Crippen LogP) is 12.0. The molecule has 0 aliphatic heterocycles. The van der Waals surface area contributed by atoms with Gasteiger partial charge in [-0.1, -0.05) is 91.5 Å². The van der Waals surface area contributed by atoms with E-state index in [9.17, 15) is 0 Å². The second-order valence-electron chi connectivity index (χ2n) is 11.3. The molecule has 0 atom stereocenters. The van der Waals surface area contributed by atoms with Gasteiger partial charge in [-0.05, 0) is 94.9 Å². The average molecular weight is 595 g/mol. The monoisotopic (exact) mass is 594 g/mol. The first kappa shape index (κ1) is 27.1. The topological polar surface area (TPSA) is 17.8 Å². The van der Waals surface area contributed by atoms with Crippen molar-refractivity contribution in [3.8, 4) is 22.3 Å². The molecule has 0 saturated carbocycles. The van der Waals surface area contributed by atoms with Gasteiger partial charge in [0.1, 0.15) is 0 Å². The smallest absolute Gasteiger partial charge is 0.0541 e. The molecule has 2 nitrogen and oxygen atoms in total. The number of hydrogen-bond donors (Lipinski definition) is 0. The van der Waals surface area contributed by atoms with Crippen LogP contribution in [0.1, 0.15) is 12.5 Å². The Kier molecular flexibility index (Phi) is 6.74. The van der Waals surface area contributed by atoms with E-state index in [2.05, 4.69) is 163 Å². The Hall–Kier alpha value is -5.51. The van der Waals surface area contributed by atoms with Gasteiger partial charge in [0.25, 0.3) is 0 Å². The molecule has 0 saturated heterocycles. The van der Waals surface area contributed by atoms with Gasteiger partial charge in [-0.15, -0.1) is 11.3 Å². The van der Waals surface area contributed by atoms with Crippen LogP contribution in [0, 0.1) is 0 Å². The minimum atomic E-state index is 0.964. The van der Waals surface area contributed by atoms with Crippen molar-refractivity contribution in [1.29, 1.82) is 0 Å². The standard InChI is InChI=1S/C42H30N2S/c1-3-10-34(44-39-17-6-4-15-35(39)36-16-5-7-18-40(36)44)23-28(2)29-11-8-12-30(24-29)31-13-9-14-32(25-31)33-19-20-41-37(26-33)38-27-43-22-21-42(38)45-41/h3-27H,2H2,1H3/b10-3-,34-23+. The van der Waals surface area contributed by atoms with Crippen molar-refractivity contribution in [2.75, 3.05) is 0 Å². The average Bonchev–Trinajstić information content (AvgIpc) is 3.64. The van der Waals surface area contributed by atoms with Crippen LogP contribution in [0.3, 0.4) is 0 Å². The summed E-state index contributed by atoms with van der Waals surface area (Å²) in [5, 5.41) is 4.97. The molecule has 0 N–H and O–H groups in total. The summed E-state index contributed by atoms with van der Waals surface area (Å²) in [4.78, 5) is 4.37. The Morgan fingerprint density at radius 3 is 2.02 bits per heavy atom. The first-order valence-corrected chi connectivity index (χ1v) is 16.0. The molecule has 0 amide bonds. The molecule has 214 valence electrons. The van der Waals surface area contributed by atoms with E-state index in [0.29, 0.717) is 0 Å². The first-order valence-electron chi connectivity index (χ1n) is 15.2. The van der Waals surface area contributed by atoms with Gasteiger partial charge in [0.05, 0.1) is 11.0 Å². The minimum Gasteiger partial charge on any atom is -0.309 e. The largest absolute Gasteiger partial charge is 0.309 e. The number of fused-ring (bicyclic) bond motifs is 6. The number of rotatable bonds is 6. The number of aromatic nitrogens is 2. The second kappa shape index (κ2) is 11.2. The Balaban J connectivity index is 1.17. The highest BCUT2D eigenvalue weighted by Crippen LogP contribution is 2.37. The number of allylic oxidation sites excluding steroid dienone is 5. The van der Waals surface area contributed by atoms with Crippen LogP contribution < -0.4 is 0 Å². The van der Waals surface area contributed by atoms with E-state index in [0.717, 1.165) is 16.8 Å². The lowest BCUT2D eigenvalue weighted by atomic mass is 9.96. The molecule has 0 aliphatic rings. The normalized spacial score (nSPS) is 12.2. The van der Waals surface area contributed by atoms with Crippen LogP contribution >= 0.6 is 11.3 Å². The van der Waals surface area contributed by atoms with Crippen molar-refractivity contribution in [3.63, 3.8) is 0 Å². The highest BCUT2D eigenvalue weighted by molar-refractivity contribution is 7.25. The number of pyridine rings is 1. The lowest BCUT2D eigenvalue weighted by Crippen LogP contribution is -1.95. The quantitative estimate of drug-likeness (QED) is 0.175. The Labute approximate surface area is 266 Å². The van der Waals surface area contributed by atoms with Crippen molar-refractivity contribution in [1.82, 2.24) is 9.55 Å². The summed E-state index contributed by atoms with van der Waals surface area (Å²) < 4.78 is 4.90. The van der Waals surface area contributed by atoms with E-state index >= 15 is 0 Å². The summed E-state index contributed by atoms with van der Waals surface area (Å²) in [6.07, 6.45) is 10.3. The van der Waals surface area contributed by atoms with Gasteiger partial charge in [0.2, 0.25) is 0 Å². The van der Waals surface area contributed by atoms with Crippen molar-refractivity contribution >= 4 is 64.6 Å². The third-order valence-corrected chi connectivity index (χ3v) is 9.68. The van der Waals surface area contributed by atoms with E-state index in [1.165, 1.54) is 64.2 Å². The fourth-order valence-corrected chi connectivity index (χ4v) is 7.45. The van der Waals surface area contributed by atoms with Crippen LogP contribution in [-0.2, 0) is 0 Å². The number of thiophene rings is 1. The molecule has 3 heterocycles. The van der Waals surface area contributed by atoms with E-state index in [1.807, 2.05) is 23.7 Å². The molecule has 0 aliphatic carbocycles. The summed E-state index contributed by atoms with van der Waals surface area (Å²) in [6.45, 7) is 6.60. The maximum absolute atomic E-state index is 4.54. The van der Waals surface area contributed by atoms with Crippen molar-refractivity contribution < 1.29 is 0 Å². The molecule has 0 bridgehead atoms. The molecule has 3 heteroatoms. The van der Waals surface area contributed by atoms with Crippen LogP contribution in [0.5, 0.6) is 0 Å². The highest BCUT2D eigenvalue weighted by atomic mass is 32.1. The molecule has 8 rings (SSSR count). The fraction of sp³-hybridized carbons (Fsp3) is 0.0238. The maximum atomic E-state index is 4.54. The second-order valence-corrected chi connectivity index (χ2v) is 12.4. The Morgan fingerprint density at radius 2 is 1.29 bits per heavy atom. The molecule has 45 heavy (non-hydrogen) atoms. The van der Waals surface area contributed by atoms with Crippen molar-refractivity contribution in [2.45, 2.75) is 6.92 Å². The Bertz CT molecular complexity index is 2420. The van der Waals surface area contributed by atoms with Crippen LogP contribution in [0.15, 0.2) is 159 Å². The fourth-order valence-electron chi connectivity index (χ4n) is 6.40. The van der Waals surface area contributed by atoms with Crippen LogP contribution in [0.4, 0.5) is 0 Å². The van der Waals surface area contributed by atoms with Gasteiger partial charge in [-0.25, -0.2) is 0 Å². The molecule has 0 spiro atoms. The predicted molar refractivity (Wildman–Crippen MR) is 196 cm³/mol. The zero-order valence-corrected chi connectivity index (χ0v) is 25.8. The SMILES string of the molecule is C=C(/C=C(\C=C/C)n1c2ccccc2c2ccccc21)c1cccc(-c2cccc(-c3ccc4sc5ccncc5c4c3)c2)c1. The van der Waals surface area contributed by atoms with Crippen molar-refractivity contribution in [2.24, 2.45) is 0 Å². The maximum Gasteiger partial charge on any atom is 0.0541 e. The first-order chi connectivity index (χ1) is 22.2. The summed E-state index contributed by atoms with van der Waals surface area (Å²) in [5.41, 5.74) is 10.3. The van der Waals surface area contributed by atoms with E-state index in [1.54, 1.807) is 0 Å². The summed E-state index contributed by atoms with van der Waals surface area (Å²) in [5.74, 6) is 0. The van der Waals surface area contributed by atoms with Gasteiger partial charge in [-0.3, -0.25) is 4.98 Å².